The second kappa shape index (κ2) is 6.51. The molecule has 1 aromatic carbocycles. The Hall–Kier alpha value is 0.110. The number of benzene rings is 1. The van der Waals surface area contributed by atoms with Crippen LogP contribution in [0.25, 0.3) is 0 Å². The third kappa shape index (κ3) is 5.40. The van der Waals surface area contributed by atoms with Crippen LogP contribution < -0.4 is 5.73 Å². The van der Waals surface area contributed by atoms with Gasteiger partial charge in [0, 0.05) is 7.14 Å². The topological polar surface area (TPSA) is 52.3 Å². The predicted molar refractivity (Wildman–Crippen MR) is 89.4 cm³/mol. The summed E-state index contributed by atoms with van der Waals surface area (Å²) in [4.78, 5) is 11.8. The minimum Gasteiger partial charge on any atom is -0.459 e. The van der Waals surface area contributed by atoms with Crippen molar-refractivity contribution >= 4 is 51.2 Å². The number of carbonyl (C=O) groups excluding carboxylic acids is 1. The van der Waals surface area contributed by atoms with Crippen LogP contribution in [-0.4, -0.2) is 17.6 Å². The summed E-state index contributed by atoms with van der Waals surface area (Å²) in [5.41, 5.74) is 6.47. The number of rotatable bonds is 3. The highest BCUT2D eigenvalue weighted by Gasteiger charge is 2.22. The van der Waals surface area contributed by atoms with Crippen molar-refractivity contribution < 1.29 is 9.53 Å². The molecule has 18 heavy (non-hydrogen) atoms. The quantitative estimate of drug-likeness (QED) is 0.543. The Bertz CT molecular complexity index is 441. The molecule has 1 atom stereocenters. The average molecular weight is 473 g/mol. The molecule has 0 saturated heterocycles. The summed E-state index contributed by atoms with van der Waals surface area (Å²) >= 11 is 4.52. The van der Waals surface area contributed by atoms with E-state index in [2.05, 4.69) is 51.2 Å². The first kappa shape index (κ1) is 16.2. The highest BCUT2D eigenvalue weighted by molar-refractivity contribution is 14.1. The van der Waals surface area contributed by atoms with Gasteiger partial charge >= 0.3 is 5.97 Å². The van der Waals surface area contributed by atoms with Crippen molar-refractivity contribution in [3.05, 3.63) is 30.9 Å². The van der Waals surface area contributed by atoms with Gasteiger partial charge in [-0.1, -0.05) is 6.07 Å². The van der Waals surface area contributed by atoms with Crippen molar-refractivity contribution in [3.8, 4) is 0 Å². The SMILES string of the molecule is CC(C)(C)OC(=O)C(N)Cc1ccc(I)cc1I. The second-order valence-electron chi connectivity index (χ2n) is 5.08. The number of ether oxygens (including phenoxy) is 1. The Morgan fingerprint density at radius 1 is 1.39 bits per heavy atom. The molecule has 100 valence electrons. The lowest BCUT2D eigenvalue weighted by atomic mass is 10.1. The molecule has 0 fully saturated rings. The number of hydrogen-bond acceptors (Lipinski definition) is 3. The maximum atomic E-state index is 11.8. The third-order valence-corrected chi connectivity index (χ3v) is 3.84. The highest BCUT2D eigenvalue weighted by Crippen LogP contribution is 2.18. The molecular formula is C13H17I2NO2. The minimum absolute atomic E-state index is 0.350. The van der Waals surface area contributed by atoms with E-state index in [9.17, 15) is 4.79 Å². The summed E-state index contributed by atoms with van der Waals surface area (Å²) in [6, 6.07) is 5.48. The van der Waals surface area contributed by atoms with Gasteiger partial charge in [-0.2, -0.15) is 0 Å². The monoisotopic (exact) mass is 473 g/mol. The van der Waals surface area contributed by atoms with Crippen molar-refractivity contribution in [1.82, 2.24) is 0 Å². The Kier molecular flexibility index (Phi) is 5.85. The molecule has 1 aromatic rings. The molecule has 3 nitrogen and oxygen atoms in total. The standard InChI is InChI=1S/C13H17I2NO2/c1-13(2,3)18-12(17)11(16)6-8-4-5-9(14)7-10(8)15/h4-5,7,11H,6,16H2,1-3H3. The molecule has 0 bridgehead atoms. The van der Waals surface area contributed by atoms with Gasteiger partial charge < -0.3 is 10.5 Å². The summed E-state index contributed by atoms with van der Waals surface area (Å²) in [6.07, 6.45) is 0.504. The Morgan fingerprint density at radius 3 is 2.50 bits per heavy atom. The Morgan fingerprint density at radius 2 is 2.00 bits per heavy atom. The molecule has 0 heterocycles. The zero-order valence-corrected chi connectivity index (χ0v) is 15.0. The largest absolute Gasteiger partial charge is 0.459 e. The van der Waals surface area contributed by atoms with Crippen molar-refractivity contribution in [2.45, 2.75) is 38.8 Å². The summed E-state index contributed by atoms with van der Waals surface area (Å²) in [5.74, 6) is -0.350. The lowest BCUT2D eigenvalue weighted by Crippen LogP contribution is -2.39. The molecule has 0 saturated carbocycles. The van der Waals surface area contributed by atoms with Crippen LogP contribution in [0, 0.1) is 7.14 Å². The second-order valence-corrected chi connectivity index (χ2v) is 7.49. The number of esters is 1. The van der Waals surface area contributed by atoms with E-state index in [0.29, 0.717) is 6.42 Å². The molecule has 0 amide bonds. The summed E-state index contributed by atoms with van der Waals surface area (Å²) in [5, 5.41) is 0. The number of carbonyl (C=O) groups is 1. The fourth-order valence-electron chi connectivity index (χ4n) is 1.38. The van der Waals surface area contributed by atoms with Crippen LogP contribution in [0.2, 0.25) is 0 Å². The minimum atomic E-state index is -0.613. The van der Waals surface area contributed by atoms with E-state index < -0.39 is 11.6 Å². The average Bonchev–Trinajstić information content (AvgIpc) is 2.19. The van der Waals surface area contributed by atoms with Crippen molar-refractivity contribution in [2.75, 3.05) is 0 Å². The van der Waals surface area contributed by atoms with Crippen LogP contribution in [0.15, 0.2) is 18.2 Å². The maximum Gasteiger partial charge on any atom is 0.323 e. The number of halogens is 2. The zero-order valence-electron chi connectivity index (χ0n) is 10.7. The first-order valence-corrected chi connectivity index (χ1v) is 7.77. The van der Waals surface area contributed by atoms with Gasteiger partial charge in [-0.25, -0.2) is 0 Å². The molecule has 0 aliphatic heterocycles. The fraction of sp³-hybridized carbons (Fsp3) is 0.462. The van der Waals surface area contributed by atoms with E-state index in [1.165, 1.54) is 3.57 Å². The lowest BCUT2D eigenvalue weighted by molar-refractivity contribution is -0.156. The highest BCUT2D eigenvalue weighted by atomic mass is 127. The van der Waals surface area contributed by atoms with Crippen molar-refractivity contribution in [3.63, 3.8) is 0 Å². The maximum absolute atomic E-state index is 11.8. The molecule has 0 aromatic heterocycles. The van der Waals surface area contributed by atoms with Gasteiger partial charge in [-0.05, 0) is 90.1 Å². The number of nitrogens with two attached hydrogens (primary N) is 1. The molecule has 2 N–H and O–H groups in total. The van der Waals surface area contributed by atoms with Crippen LogP contribution in [-0.2, 0) is 16.0 Å². The Labute approximate surface area is 135 Å². The fourth-order valence-corrected chi connectivity index (χ4v) is 3.21. The molecule has 5 heteroatoms. The summed E-state index contributed by atoms with van der Waals surface area (Å²) in [6.45, 7) is 5.52. The smallest absolute Gasteiger partial charge is 0.323 e. The molecule has 1 unspecified atom stereocenters. The van der Waals surface area contributed by atoms with Crippen molar-refractivity contribution in [1.29, 1.82) is 0 Å². The molecule has 0 aliphatic carbocycles. The van der Waals surface area contributed by atoms with Gasteiger partial charge in [0.2, 0.25) is 0 Å². The zero-order chi connectivity index (χ0) is 13.9. The van der Waals surface area contributed by atoms with Gasteiger partial charge in [0.25, 0.3) is 0 Å². The van der Waals surface area contributed by atoms with Crippen LogP contribution in [0.5, 0.6) is 0 Å². The van der Waals surface area contributed by atoms with Crippen LogP contribution >= 0.6 is 45.2 Å². The first-order valence-electron chi connectivity index (χ1n) is 5.61. The van der Waals surface area contributed by atoms with E-state index in [4.69, 9.17) is 10.5 Å². The Balaban J connectivity index is 2.69. The van der Waals surface area contributed by atoms with Gasteiger partial charge in [-0.3, -0.25) is 4.79 Å². The van der Waals surface area contributed by atoms with Crippen molar-refractivity contribution in [2.24, 2.45) is 5.73 Å². The molecule has 0 radical (unpaired) electrons. The van der Waals surface area contributed by atoms with E-state index in [-0.39, 0.29) is 5.97 Å². The van der Waals surface area contributed by atoms with Gasteiger partial charge in [0.1, 0.15) is 11.6 Å². The van der Waals surface area contributed by atoms with E-state index in [0.717, 1.165) is 9.13 Å². The number of hydrogen-bond donors (Lipinski definition) is 1. The first-order chi connectivity index (χ1) is 8.19. The van der Waals surface area contributed by atoms with Crippen LogP contribution in [0.1, 0.15) is 26.3 Å². The van der Waals surface area contributed by atoms with Crippen LogP contribution in [0.3, 0.4) is 0 Å². The molecule has 1 rings (SSSR count). The molecule has 0 aliphatic rings. The lowest BCUT2D eigenvalue weighted by Gasteiger charge is -2.22. The molecule has 0 spiro atoms. The summed E-state index contributed by atoms with van der Waals surface area (Å²) in [7, 11) is 0. The normalized spacial score (nSPS) is 13.2. The van der Waals surface area contributed by atoms with Crippen LogP contribution in [0.4, 0.5) is 0 Å². The predicted octanol–water partition coefficient (Wildman–Crippen LogP) is 3.11. The van der Waals surface area contributed by atoms with E-state index in [1.807, 2.05) is 32.9 Å². The van der Waals surface area contributed by atoms with Gasteiger partial charge in [0.15, 0.2) is 0 Å². The van der Waals surface area contributed by atoms with Gasteiger partial charge in [0.05, 0.1) is 0 Å². The van der Waals surface area contributed by atoms with Gasteiger partial charge in [-0.15, -0.1) is 0 Å². The summed E-state index contributed by atoms with van der Waals surface area (Å²) < 4.78 is 7.56. The van der Waals surface area contributed by atoms with E-state index >= 15 is 0 Å². The molecular weight excluding hydrogens is 456 g/mol. The third-order valence-electron chi connectivity index (χ3n) is 2.16. The van der Waals surface area contributed by atoms with E-state index in [1.54, 1.807) is 0 Å².